The molecule has 2 unspecified atom stereocenters. The van der Waals surface area contributed by atoms with Crippen LogP contribution in [0.1, 0.15) is 36.7 Å². The molecule has 6 heteroatoms. The normalized spacial score (nSPS) is 20.6. The summed E-state index contributed by atoms with van der Waals surface area (Å²) in [4.78, 5) is 15.8. The number of aromatic nitrogens is 3. The van der Waals surface area contributed by atoms with E-state index in [2.05, 4.69) is 52.1 Å². The first-order valence-electron chi connectivity index (χ1n) is 7.14. The van der Waals surface area contributed by atoms with E-state index >= 15 is 0 Å². The van der Waals surface area contributed by atoms with Gasteiger partial charge in [-0.15, -0.1) is 0 Å². The monoisotopic (exact) mass is 288 g/mol. The topological polar surface area (TPSA) is 74.0 Å². The molecule has 2 atom stereocenters. The molecule has 6 nitrogen and oxygen atoms in total. The summed E-state index contributed by atoms with van der Waals surface area (Å²) in [6, 6.07) is 6.36. The summed E-state index contributed by atoms with van der Waals surface area (Å²) in [6.45, 7) is 5.68. The molecule has 0 spiro atoms. The average Bonchev–Trinajstić information content (AvgIpc) is 2.95. The number of hydrogen-bond donors (Lipinski definition) is 2. The lowest BCUT2D eigenvalue weighted by molar-refractivity contribution is 0.232. The maximum atomic E-state index is 11.0. The standard InChI is InChI=1S/C15H20N4O2/c1-9-10(2)21-13-5-4-11(6-12(9)13)7-19(3)8-14-16-15(20)18-17-14/h4-6,9-10H,7-8H2,1-3H3,(H2,16,17,18,20). The number of rotatable bonds is 4. The third-order valence-corrected chi connectivity index (χ3v) is 4.00. The highest BCUT2D eigenvalue weighted by molar-refractivity contribution is 5.43. The van der Waals surface area contributed by atoms with Crippen LogP contribution in [0.25, 0.3) is 0 Å². The van der Waals surface area contributed by atoms with Crippen LogP contribution in [0, 0.1) is 0 Å². The van der Waals surface area contributed by atoms with E-state index in [1.54, 1.807) is 0 Å². The van der Waals surface area contributed by atoms with Crippen molar-refractivity contribution < 1.29 is 4.74 Å². The summed E-state index contributed by atoms with van der Waals surface area (Å²) in [5.41, 5.74) is 2.25. The molecule has 0 radical (unpaired) electrons. The van der Waals surface area contributed by atoms with E-state index in [0.29, 0.717) is 18.3 Å². The molecule has 3 rings (SSSR count). The van der Waals surface area contributed by atoms with Crippen molar-refractivity contribution in [2.24, 2.45) is 0 Å². The van der Waals surface area contributed by atoms with Crippen molar-refractivity contribution in [2.75, 3.05) is 7.05 Å². The van der Waals surface area contributed by atoms with E-state index < -0.39 is 0 Å². The number of nitrogens with one attached hydrogen (secondary N) is 2. The molecule has 1 aliphatic heterocycles. The molecule has 0 bridgehead atoms. The van der Waals surface area contributed by atoms with Gasteiger partial charge >= 0.3 is 5.69 Å². The van der Waals surface area contributed by atoms with E-state index in [1.165, 1.54) is 11.1 Å². The van der Waals surface area contributed by atoms with Crippen molar-refractivity contribution >= 4 is 0 Å². The third-order valence-electron chi connectivity index (χ3n) is 4.00. The summed E-state index contributed by atoms with van der Waals surface area (Å²) in [5, 5.41) is 6.30. The zero-order valence-electron chi connectivity index (χ0n) is 12.5. The van der Waals surface area contributed by atoms with E-state index in [9.17, 15) is 4.79 Å². The van der Waals surface area contributed by atoms with Gasteiger partial charge in [0.25, 0.3) is 0 Å². The quantitative estimate of drug-likeness (QED) is 0.896. The van der Waals surface area contributed by atoms with Crippen molar-refractivity contribution in [3.63, 3.8) is 0 Å². The van der Waals surface area contributed by atoms with Crippen LogP contribution in [0.4, 0.5) is 0 Å². The number of nitrogens with zero attached hydrogens (tertiary/aromatic N) is 2. The lowest BCUT2D eigenvalue weighted by atomic mass is 9.97. The van der Waals surface area contributed by atoms with Crippen LogP contribution >= 0.6 is 0 Å². The Labute approximate surface area is 123 Å². The maximum absolute atomic E-state index is 11.0. The Bertz CT molecular complexity index is 691. The van der Waals surface area contributed by atoms with Crippen molar-refractivity contribution in [1.82, 2.24) is 20.1 Å². The molecule has 2 N–H and O–H groups in total. The highest BCUT2D eigenvalue weighted by atomic mass is 16.5. The van der Waals surface area contributed by atoms with Crippen molar-refractivity contribution in [3.05, 3.63) is 45.6 Å². The van der Waals surface area contributed by atoms with Gasteiger partial charge in [0.2, 0.25) is 0 Å². The van der Waals surface area contributed by atoms with E-state index in [1.807, 2.05) is 7.05 Å². The molecule has 2 heterocycles. The van der Waals surface area contributed by atoms with E-state index in [-0.39, 0.29) is 11.8 Å². The minimum absolute atomic E-state index is 0.238. The number of H-pyrrole nitrogens is 2. The van der Waals surface area contributed by atoms with Gasteiger partial charge in [-0.3, -0.25) is 9.88 Å². The molecular weight excluding hydrogens is 268 g/mol. The minimum atomic E-state index is -0.268. The first-order chi connectivity index (χ1) is 10.0. The first-order valence-corrected chi connectivity index (χ1v) is 7.14. The Kier molecular flexibility index (Phi) is 3.55. The fourth-order valence-corrected chi connectivity index (χ4v) is 2.72. The lowest BCUT2D eigenvalue weighted by Gasteiger charge is -2.15. The summed E-state index contributed by atoms with van der Waals surface area (Å²) in [5.74, 6) is 2.07. The van der Waals surface area contributed by atoms with Crippen LogP contribution in [0.2, 0.25) is 0 Å². The van der Waals surface area contributed by atoms with Gasteiger partial charge in [-0.1, -0.05) is 19.1 Å². The van der Waals surface area contributed by atoms with Crippen molar-refractivity contribution in [2.45, 2.75) is 39.0 Å². The zero-order valence-corrected chi connectivity index (χ0v) is 12.5. The predicted octanol–water partition coefficient (Wildman–Crippen LogP) is 1.61. The molecule has 1 aromatic carbocycles. The Hall–Kier alpha value is -2.08. The minimum Gasteiger partial charge on any atom is -0.490 e. The second-order valence-corrected chi connectivity index (χ2v) is 5.78. The number of benzene rings is 1. The van der Waals surface area contributed by atoms with Crippen LogP contribution in [0.5, 0.6) is 5.75 Å². The summed E-state index contributed by atoms with van der Waals surface area (Å²) < 4.78 is 5.81. The lowest BCUT2D eigenvalue weighted by Crippen LogP contribution is -2.18. The van der Waals surface area contributed by atoms with Gasteiger partial charge in [-0.05, 0) is 25.6 Å². The number of fused-ring (bicyclic) bond motifs is 1. The van der Waals surface area contributed by atoms with Crippen molar-refractivity contribution in [3.8, 4) is 5.75 Å². The SMILES string of the molecule is CC1Oc2ccc(CN(C)Cc3n[nH]c(=O)[nH]3)cc2C1C. The Morgan fingerprint density at radius 2 is 2.14 bits per heavy atom. The van der Waals surface area contributed by atoms with Gasteiger partial charge in [-0.25, -0.2) is 9.89 Å². The second kappa shape index (κ2) is 5.37. The first kappa shape index (κ1) is 13.9. The van der Waals surface area contributed by atoms with Gasteiger partial charge in [0.05, 0.1) is 6.54 Å². The number of ether oxygens (including phenoxy) is 1. The third kappa shape index (κ3) is 2.85. The van der Waals surface area contributed by atoms with E-state index in [4.69, 9.17) is 4.74 Å². The fourth-order valence-electron chi connectivity index (χ4n) is 2.72. The molecule has 0 aliphatic carbocycles. The molecule has 0 saturated heterocycles. The van der Waals surface area contributed by atoms with Crippen LogP contribution in [-0.4, -0.2) is 33.2 Å². The van der Waals surface area contributed by atoms with Crippen LogP contribution in [0.3, 0.4) is 0 Å². The number of aromatic amines is 2. The zero-order chi connectivity index (χ0) is 15.0. The Balaban J connectivity index is 1.69. The molecular formula is C15H20N4O2. The fraction of sp³-hybridized carbons (Fsp3) is 0.467. The summed E-state index contributed by atoms with van der Waals surface area (Å²) in [7, 11) is 2.00. The molecule has 2 aromatic rings. The average molecular weight is 288 g/mol. The largest absolute Gasteiger partial charge is 0.490 e. The highest BCUT2D eigenvalue weighted by Crippen LogP contribution is 2.38. The number of hydrogen-bond acceptors (Lipinski definition) is 4. The van der Waals surface area contributed by atoms with E-state index in [0.717, 1.165) is 12.3 Å². The van der Waals surface area contributed by atoms with Crippen LogP contribution < -0.4 is 10.4 Å². The van der Waals surface area contributed by atoms with Gasteiger partial charge in [0, 0.05) is 18.0 Å². The Morgan fingerprint density at radius 1 is 1.33 bits per heavy atom. The van der Waals surface area contributed by atoms with Crippen molar-refractivity contribution in [1.29, 1.82) is 0 Å². The highest BCUT2D eigenvalue weighted by Gasteiger charge is 2.27. The molecule has 112 valence electrons. The summed E-state index contributed by atoms with van der Waals surface area (Å²) >= 11 is 0. The van der Waals surface area contributed by atoms with Crippen LogP contribution in [-0.2, 0) is 13.1 Å². The van der Waals surface area contributed by atoms with Crippen LogP contribution in [0.15, 0.2) is 23.0 Å². The molecule has 0 saturated carbocycles. The molecule has 0 fully saturated rings. The van der Waals surface area contributed by atoms with Gasteiger partial charge in [0.1, 0.15) is 17.7 Å². The summed E-state index contributed by atoms with van der Waals surface area (Å²) in [6.07, 6.45) is 0.238. The maximum Gasteiger partial charge on any atom is 0.340 e. The molecule has 0 amide bonds. The second-order valence-electron chi connectivity index (χ2n) is 5.78. The predicted molar refractivity (Wildman–Crippen MR) is 79.3 cm³/mol. The Morgan fingerprint density at radius 3 is 2.86 bits per heavy atom. The molecule has 1 aromatic heterocycles. The molecule has 21 heavy (non-hydrogen) atoms. The molecule has 1 aliphatic rings. The van der Waals surface area contributed by atoms with Gasteiger partial charge in [-0.2, -0.15) is 5.10 Å². The van der Waals surface area contributed by atoms with Gasteiger partial charge < -0.3 is 4.74 Å². The smallest absolute Gasteiger partial charge is 0.340 e. The van der Waals surface area contributed by atoms with Gasteiger partial charge in [0.15, 0.2) is 0 Å².